The van der Waals surface area contributed by atoms with E-state index in [1.54, 1.807) is 7.11 Å². The summed E-state index contributed by atoms with van der Waals surface area (Å²) in [6.45, 7) is 8.76. The van der Waals surface area contributed by atoms with E-state index in [1.807, 2.05) is 54.6 Å². The maximum absolute atomic E-state index is 5.95. The summed E-state index contributed by atoms with van der Waals surface area (Å²) in [7, 11) is 1.64. The Balaban J connectivity index is 1.46. The van der Waals surface area contributed by atoms with Gasteiger partial charge in [-0.1, -0.05) is 38.8 Å². The molecule has 0 N–H and O–H groups in total. The van der Waals surface area contributed by atoms with Gasteiger partial charge in [0, 0.05) is 18.7 Å². The number of fused-ring (bicyclic) bond motifs is 1. The molecule has 1 aromatic heterocycles. The van der Waals surface area contributed by atoms with E-state index in [4.69, 9.17) is 13.9 Å². The minimum Gasteiger partial charge on any atom is -0.497 e. The van der Waals surface area contributed by atoms with Gasteiger partial charge in [0.25, 0.3) is 0 Å². The van der Waals surface area contributed by atoms with Gasteiger partial charge in [-0.15, -0.1) is 0 Å². The molecular weight excluding hydrogens is 400 g/mol. The molecule has 0 aliphatic carbocycles. The Labute approximate surface area is 192 Å². The van der Waals surface area contributed by atoms with Crippen LogP contribution in [-0.4, -0.2) is 43.2 Å². The van der Waals surface area contributed by atoms with Crippen LogP contribution in [-0.2, 0) is 0 Å². The molecule has 0 fully saturated rings. The zero-order valence-electron chi connectivity index (χ0n) is 19.7. The number of ether oxygens (including phenoxy) is 2. The van der Waals surface area contributed by atoms with E-state index < -0.39 is 0 Å². The summed E-state index contributed by atoms with van der Waals surface area (Å²) in [5, 5.41) is 0. The monoisotopic (exact) mass is 436 g/mol. The van der Waals surface area contributed by atoms with E-state index in [0.717, 1.165) is 47.7 Å². The van der Waals surface area contributed by atoms with Gasteiger partial charge in [-0.2, -0.15) is 0 Å². The van der Waals surface area contributed by atoms with Gasteiger partial charge in [0.2, 0.25) is 5.89 Å². The quantitative estimate of drug-likeness (QED) is 0.264. The third-order valence-corrected chi connectivity index (χ3v) is 5.45. The van der Waals surface area contributed by atoms with Gasteiger partial charge in [0.05, 0.1) is 13.7 Å². The smallest absolute Gasteiger partial charge is 0.220 e. The fourth-order valence-corrected chi connectivity index (χ4v) is 3.54. The molecule has 172 valence electrons. The number of rotatable bonds is 14. The van der Waals surface area contributed by atoms with Crippen LogP contribution in [0.4, 0.5) is 0 Å². The number of unbranched alkanes of at least 4 members (excludes halogenated alkanes) is 2. The Kier molecular flexibility index (Phi) is 9.63. The number of aromatic nitrogens is 1. The molecule has 0 unspecified atom stereocenters. The van der Waals surface area contributed by atoms with Crippen LogP contribution in [0, 0.1) is 0 Å². The first-order chi connectivity index (χ1) is 15.7. The van der Waals surface area contributed by atoms with Crippen molar-refractivity contribution in [1.29, 1.82) is 0 Å². The summed E-state index contributed by atoms with van der Waals surface area (Å²) in [5.74, 6) is 2.24. The zero-order valence-corrected chi connectivity index (χ0v) is 19.7. The van der Waals surface area contributed by atoms with Crippen molar-refractivity contribution < 1.29 is 13.9 Å². The van der Waals surface area contributed by atoms with Crippen LogP contribution in [0.1, 0.15) is 57.4 Å². The van der Waals surface area contributed by atoms with Crippen molar-refractivity contribution in [3.8, 4) is 11.5 Å². The topological polar surface area (TPSA) is 47.7 Å². The molecule has 0 spiro atoms. The summed E-state index contributed by atoms with van der Waals surface area (Å²) in [4.78, 5) is 7.06. The molecule has 0 saturated carbocycles. The zero-order chi connectivity index (χ0) is 22.6. The second-order valence-electron chi connectivity index (χ2n) is 8.04. The van der Waals surface area contributed by atoms with Gasteiger partial charge in [-0.3, -0.25) is 0 Å². The van der Waals surface area contributed by atoms with Crippen LogP contribution in [0.5, 0.6) is 11.5 Å². The predicted molar refractivity (Wildman–Crippen MR) is 132 cm³/mol. The molecule has 0 saturated heterocycles. The summed E-state index contributed by atoms with van der Waals surface area (Å²) in [6, 6.07) is 13.8. The highest BCUT2D eigenvalue weighted by molar-refractivity contribution is 5.77. The molecule has 3 rings (SSSR count). The van der Waals surface area contributed by atoms with E-state index >= 15 is 0 Å². The van der Waals surface area contributed by atoms with Crippen molar-refractivity contribution in [3.63, 3.8) is 0 Å². The number of hydrogen-bond donors (Lipinski definition) is 0. The predicted octanol–water partition coefficient (Wildman–Crippen LogP) is 6.68. The number of benzene rings is 2. The fraction of sp³-hybridized carbons (Fsp3) is 0.444. The molecule has 1 heterocycles. The molecule has 0 amide bonds. The molecule has 3 aromatic rings. The highest BCUT2D eigenvalue weighted by Gasteiger charge is 2.05. The average Bonchev–Trinajstić information content (AvgIpc) is 3.24. The van der Waals surface area contributed by atoms with Gasteiger partial charge >= 0.3 is 0 Å². The lowest BCUT2D eigenvalue weighted by Gasteiger charge is -2.21. The van der Waals surface area contributed by atoms with Crippen molar-refractivity contribution in [2.75, 3.05) is 33.4 Å². The summed E-state index contributed by atoms with van der Waals surface area (Å²) in [5.41, 5.74) is 2.61. The van der Waals surface area contributed by atoms with Crippen molar-refractivity contribution in [2.45, 2.75) is 46.0 Å². The second-order valence-corrected chi connectivity index (χ2v) is 8.04. The molecular formula is C27H36N2O3. The molecule has 5 heteroatoms. The fourth-order valence-electron chi connectivity index (χ4n) is 3.54. The van der Waals surface area contributed by atoms with E-state index in [-0.39, 0.29) is 0 Å². The number of methoxy groups -OCH3 is 1. The van der Waals surface area contributed by atoms with Crippen LogP contribution in [0.2, 0.25) is 0 Å². The van der Waals surface area contributed by atoms with E-state index in [1.165, 1.54) is 38.8 Å². The SMILES string of the molecule is CCCCN(CCCC)CCCOc1ccc(C=Cc2nc3ccc(OC)cc3o2)cc1. The van der Waals surface area contributed by atoms with Crippen LogP contribution < -0.4 is 9.47 Å². The lowest BCUT2D eigenvalue weighted by Crippen LogP contribution is -2.28. The van der Waals surface area contributed by atoms with Gasteiger partial charge in [-0.05, 0) is 68.3 Å². The van der Waals surface area contributed by atoms with Crippen LogP contribution in [0.25, 0.3) is 23.3 Å². The molecule has 0 radical (unpaired) electrons. The Bertz CT molecular complexity index is 955. The molecule has 5 nitrogen and oxygen atoms in total. The number of hydrogen-bond acceptors (Lipinski definition) is 5. The summed E-state index contributed by atoms with van der Waals surface area (Å²) < 4.78 is 17.0. The minimum absolute atomic E-state index is 0.573. The first kappa shape index (κ1) is 23.9. The summed E-state index contributed by atoms with van der Waals surface area (Å²) in [6.07, 6.45) is 9.98. The second kappa shape index (κ2) is 12.9. The molecule has 2 aromatic carbocycles. The van der Waals surface area contributed by atoms with Gasteiger partial charge < -0.3 is 18.8 Å². The Hall–Kier alpha value is -2.79. The number of oxazole rings is 1. The molecule has 0 aliphatic rings. The molecule has 0 bridgehead atoms. The first-order valence-electron chi connectivity index (χ1n) is 11.8. The molecule has 0 atom stereocenters. The van der Waals surface area contributed by atoms with E-state index in [0.29, 0.717) is 5.89 Å². The maximum atomic E-state index is 5.95. The van der Waals surface area contributed by atoms with Crippen molar-refractivity contribution in [2.24, 2.45) is 0 Å². The van der Waals surface area contributed by atoms with Crippen LogP contribution >= 0.6 is 0 Å². The highest BCUT2D eigenvalue weighted by Crippen LogP contribution is 2.22. The first-order valence-corrected chi connectivity index (χ1v) is 11.8. The Morgan fingerprint density at radius 2 is 1.56 bits per heavy atom. The molecule has 32 heavy (non-hydrogen) atoms. The van der Waals surface area contributed by atoms with Crippen molar-refractivity contribution in [3.05, 3.63) is 53.9 Å². The number of nitrogens with zero attached hydrogens (tertiary/aromatic N) is 2. The minimum atomic E-state index is 0.573. The Morgan fingerprint density at radius 3 is 2.25 bits per heavy atom. The molecule has 0 aliphatic heterocycles. The van der Waals surface area contributed by atoms with Crippen LogP contribution in [0.3, 0.4) is 0 Å². The highest BCUT2D eigenvalue weighted by atomic mass is 16.5. The lowest BCUT2D eigenvalue weighted by molar-refractivity contribution is 0.229. The van der Waals surface area contributed by atoms with Crippen molar-refractivity contribution >= 4 is 23.3 Å². The van der Waals surface area contributed by atoms with Gasteiger partial charge in [0.15, 0.2) is 5.58 Å². The lowest BCUT2D eigenvalue weighted by atomic mass is 10.2. The van der Waals surface area contributed by atoms with Crippen molar-refractivity contribution in [1.82, 2.24) is 9.88 Å². The third-order valence-electron chi connectivity index (χ3n) is 5.45. The largest absolute Gasteiger partial charge is 0.497 e. The van der Waals surface area contributed by atoms with E-state index in [9.17, 15) is 0 Å². The normalized spacial score (nSPS) is 11.6. The standard InChI is InChI=1S/C27H36N2O3/c1-4-6-17-29(18-7-5-2)19-8-20-31-23-12-9-22(10-13-23)11-16-27-28-25-15-14-24(30-3)21-26(25)32-27/h9-16,21H,4-8,17-20H2,1-3H3. The maximum Gasteiger partial charge on any atom is 0.220 e. The van der Waals surface area contributed by atoms with E-state index in [2.05, 4.69) is 23.7 Å². The summed E-state index contributed by atoms with van der Waals surface area (Å²) >= 11 is 0. The van der Waals surface area contributed by atoms with Gasteiger partial charge in [0.1, 0.15) is 17.0 Å². The van der Waals surface area contributed by atoms with Crippen LogP contribution in [0.15, 0.2) is 46.9 Å². The van der Waals surface area contributed by atoms with Gasteiger partial charge in [-0.25, -0.2) is 4.98 Å². The Morgan fingerprint density at radius 1 is 0.875 bits per heavy atom. The average molecular weight is 437 g/mol. The third kappa shape index (κ3) is 7.41.